The van der Waals surface area contributed by atoms with Crippen molar-refractivity contribution in [3.63, 3.8) is 0 Å². The molecule has 0 saturated heterocycles. The van der Waals surface area contributed by atoms with Gasteiger partial charge in [-0.15, -0.1) is 5.10 Å². The van der Waals surface area contributed by atoms with Crippen molar-refractivity contribution in [2.24, 2.45) is 0 Å². The second kappa shape index (κ2) is 5.09. The van der Waals surface area contributed by atoms with Gasteiger partial charge in [-0.1, -0.05) is 17.4 Å². The number of imidazole rings is 1. The fourth-order valence-electron chi connectivity index (χ4n) is 1.84. The van der Waals surface area contributed by atoms with Gasteiger partial charge in [-0.05, 0) is 18.6 Å². The van der Waals surface area contributed by atoms with Gasteiger partial charge >= 0.3 is 0 Å². The Balaban J connectivity index is 1.67. The van der Waals surface area contributed by atoms with E-state index in [2.05, 4.69) is 26.4 Å². The molecule has 6 nitrogen and oxygen atoms in total. The molecule has 20 heavy (non-hydrogen) atoms. The summed E-state index contributed by atoms with van der Waals surface area (Å²) in [4.78, 5) is 11.7. The zero-order valence-electron chi connectivity index (χ0n) is 11.7. The molecule has 0 bridgehead atoms. The quantitative estimate of drug-likeness (QED) is 0.797. The van der Waals surface area contributed by atoms with E-state index < -0.39 is 0 Å². The second-order valence-electron chi connectivity index (χ2n) is 4.79. The van der Waals surface area contributed by atoms with Crippen molar-refractivity contribution in [1.29, 1.82) is 0 Å². The van der Waals surface area contributed by atoms with Crippen LogP contribution >= 0.6 is 11.3 Å². The van der Waals surface area contributed by atoms with E-state index in [0.717, 1.165) is 27.2 Å². The van der Waals surface area contributed by atoms with Gasteiger partial charge in [-0.3, -0.25) is 0 Å². The summed E-state index contributed by atoms with van der Waals surface area (Å²) in [7, 11) is 3.96. The Bertz CT molecular complexity index is 681. The molecule has 7 heteroatoms. The van der Waals surface area contributed by atoms with Crippen LogP contribution < -0.4 is 10.2 Å². The van der Waals surface area contributed by atoms with Crippen LogP contribution in [0.25, 0.3) is 4.96 Å². The summed E-state index contributed by atoms with van der Waals surface area (Å²) in [6, 6.07) is 4.08. The number of rotatable bonds is 4. The van der Waals surface area contributed by atoms with Crippen LogP contribution in [-0.4, -0.2) is 33.7 Å². The first-order chi connectivity index (χ1) is 9.61. The van der Waals surface area contributed by atoms with Crippen LogP contribution in [-0.2, 0) is 6.54 Å². The molecule has 0 atom stereocenters. The van der Waals surface area contributed by atoms with Crippen molar-refractivity contribution in [1.82, 2.24) is 19.6 Å². The number of aryl methyl sites for hydroxylation is 1. The van der Waals surface area contributed by atoms with Gasteiger partial charge in [0.05, 0.1) is 11.9 Å². The summed E-state index contributed by atoms with van der Waals surface area (Å²) in [5, 5.41) is 8.59. The van der Waals surface area contributed by atoms with Gasteiger partial charge < -0.3 is 10.2 Å². The van der Waals surface area contributed by atoms with E-state index >= 15 is 0 Å². The number of nitrogens with one attached hydrogen (secondary N) is 1. The van der Waals surface area contributed by atoms with E-state index in [4.69, 9.17) is 0 Å². The Kier molecular flexibility index (Phi) is 3.27. The summed E-state index contributed by atoms with van der Waals surface area (Å²) < 4.78 is 1.80. The Morgan fingerprint density at radius 2 is 2.20 bits per heavy atom. The van der Waals surface area contributed by atoms with Gasteiger partial charge in [0, 0.05) is 26.8 Å². The molecule has 0 fully saturated rings. The number of pyridine rings is 1. The maximum Gasteiger partial charge on any atom is 0.214 e. The van der Waals surface area contributed by atoms with Crippen molar-refractivity contribution in [3.05, 3.63) is 35.8 Å². The lowest BCUT2D eigenvalue weighted by atomic mass is 10.3. The van der Waals surface area contributed by atoms with Crippen molar-refractivity contribution >= 4 is 27.2 Å². The predicted octanol–water partition coefficient (Wildman–Crippen LogP) is 2.17. The molecule has 0 spiro atoms. The standard InChI is InChI=1S/C13H16N6S/c1-9-8-19-13(16-9)20-12(17-19)15-7-10-4-5-11(14-6-10)18(2)3/h4-6,8H,7H2,1-3H3,(H,15,17). The molecule has 0 aliphatic heterocycles. The minimum atomic E-state index is 0.705. The van der Waals surface area contributed by atoms with E-state index in [9.17, 15) is 0 Å². The number of aromatic nitrogens is 4. The highest BCUT2D eigenvalue weighted by Crippen LogP contribution is 2.19. The van der Waals surface area contributed by atoms with Gasteiger partial charge in [0.1, 0.15) is 5.82 Å². The van der Waals surface area contributed by atoms with Gasteiger partial charge in [0.2, 0.25) is 10.1 Å². The molecule has 3 aromatic heterocycles. The monoisotopic (exact) mass is 288 g/mol. The number of fused-ring (bicyclic) bond motifs is 1. The first-order valence-corrected chi connectivity index (χ1v) is 7.12. The fourth-order valence-corrected chi connectivity index (χ4v) is 2.67. The highest BCUT2D eigenvalue weighted by Gasteiger charge is 2.06. The molecule has 0 amide bonds. The molecule has 1 N–H and O–H groups in total. The molecule has 3 rings (SSSR count). The first-order valence-electron chi connectivity index (χ1n) is 6.31. The smallest absolute Gasteiger partial charge is 0.214 e. The van der Waals surface area contributed by atoms with Gasteiger partial charge in [-0.2, -0.15) is 0 Å². The van der Waals surface area contributed by atoms with Gasteiger partial charge in [0.15, 0.2) is 0 Å². The normalized spacial score (nSPS) is 10.9. The maximum atomic E-state index is 4.43. The second-order valence-corrected chi connectivity index (χ2v) is 5.75. The summed E-state index contributed by atoms with van der Waals surface area (Å²) in [6.45, 7) is 2.67. The summed E-state index contributed by atoms with van der Waals surface area (Å²) in [5.41, 5.74) is 2.11. The average Bonchev–Trinajstić information content (AvgIpc) is 2.93. The van der Waals surface area contributed by atoms with E-state index in [1.54, 1.807) is 15.9 Å². The van der Waals surface area contributed by atoms with E-state index in [0.29, 0.717) is 6.54 Å². The van der Waals surface area contributed by atoms with E-state index in [-0.39, 0.29) is 0 Å². The summed E-state index contributed by atoms with van der Waals surface area (Å²) in [5.74, 6) is 0.956. The Hall–Kier alpha value is -2.15. The van der Waals surface area contributed by atoms with Crippen LogP contribution in [0.1, 0.15) is 11.3 Å². The van der Waals surface area contributed by atoms with Gasteiger partial charge in [-0.25, -0.2) is 14.5 Å². The largest absolute Gasteiger partial charge is 0.363 e. The van der Waals surface area contributed by atoms with E-state index in [1.165, 1.54) is 0 Å². The third-order valence-electron chi connectivity index (χ3n) is 2.87. The molecule has 3 aromatic rings. The molecule has 0 aromatic carbocycles. The first kappa shape index (κ1) is 12.9. The highest BCUT2D eigenvalue weighted by atomic mass is 32.1. The Labute approximate surface area is 121 Å². The minimum Gasteiger partial charge on any atom is -0.363 e. The lowest BCUT2D eigenvalue weighted by Gasteiger charge is -2.11. The number of hydrogen-bond acceptors (Lipinski definition) is 6. The Morgan fingerprint density at radius 1 is 1.35 bits per heavy atom. The summed E-state index contributed by atoms with van der Waals surface area (Å²) >= 11 is 1.55. The molecule has 0 radical (unpaired) electrons. The number of anilines is 2. The van der Waals surface area contributed by atoms with Crippen LogP contribution in [0.3, 0.4) is 0 Å². The van der Waals surface area contributed by atoms with Crippen LogP contribution in [0.2, 0.25) is 0 Å². The number of nitrogens with zero attached hydrogens (tertiary/aromatic N) is 5. The SMILES string of the molecule is Cc1cn2nc(NCc3ccc(N(C)C)nc3)sc2n1. The molecule has 104 valence electrons. The van der Waals surface area contributed by atoms with Crippen LogP contribution in [0.15, 0.2) is 24.5 Å². The van der Waals surface area contributed by atoms with Crippen molar-refractivity contribution < 1.29 is 0 Å². The van der Waals surface area contributed by atoms with Crippen LogP contribution in [0.5, 0.6) is 0 Å². The maximum absolute atomic E-state index is 4.43. The molecule has 0 aliphatic carbocycles. The molecule has 0 saturated carbocycles. The molecule has 0 unspecified atom stereocenters. The van der Waals surface area contributed by atoms with Gasteiger partial charge in [0.25, 0.3) is 0 Å². The van der Waals surface area contributed by atoms with E-state index in [1.807, 2.05) is 44.4 Å². The van der Waals surface area contributed by atoms with Crippen molar-refractivity contribution in [2.45, 2.75) is 13.5 Å². The zero-order chi connectivity index (χ0) is 14.1. The Morgan fingerprint density at radius 3 is 2.85 bits per heavy atom. The zero-order valence-corrected chi connectivity index (χ0v) is 12.5. The van der Waals surface area contributed by atoms with Crippen molar-refractivity contribution in [3.8, 4) is 0 Å². The lowest BCUT2D eigenvalue weighted by Crippen LogP contribution is -2.10. The van der Waals surface area contributed by atoms with Crippen molar-refractivity contribution in [2.75, 3.05) is 24.3 Å². The summed E-state index contributed by atoms with van der Waals surface area (Å²) in [6.07, 6.45) is 3.80. The predicted molar refractivity (Wildman–Crippen MR) is 81.5 cm³/mol. The fraction of sp³-hybridized carbons (Fsp3) is 0.308. The molecular weight excluding hydrogens is 272 g/mol. The third kappa shape index (κ3) is 2.57. The van der Waals surface area contributed by atoms with Crippen LogP contribution in [0.4, 0.5) is 10.9 Å². The third-order valence-corrected chi connectivity index (χ3v) is 3.75. The van der Waals surface area contributed by atoms with Crippen LogP contribution in [0, 0.1) is 6.92 Å². The minimum absolute atomic E-state index is 0.705. The molecule has 3 heterocycles. The average molecular weight is 288 g/mol. The molecule has 0 aliphatic rings. The lowest BCUT2D eigenvalue weighted by molar-refractivity contribution is 0.957. The topological polar surface area (TPSA) is 58.4 Å². The highest BCUT2D eigenvalue weighted by molar-refractivity contribution is 7.20. The number of hydrogen-bond donors (Lipinski definition) is 1. The molecular formula is C13H16N6S.